The number of carbonyl (C=O) groups excluding carboxylic acids is 1. The first-order valence-electron chi connectivity index (χ1n) is 9.87. The second kappa shape index (κ2) is 8.18. The minimum absolute atomic E-state index is 0.0235. The number of carbonyl (C=O) groups is 1. The van der Waals surface area contributed by atoms with Crippen LogP contribution in [0.3, 0.4) is 0 Å². The van der Waals surface area contributed by atoms with Crippen molar-refractivity contribution in [1.29, 1.82) is 0 Å². The van der Waals surface area contributed by atoms with E-state index in [9.17, 15) is 4.79 Å². The molecule has 146 valence electrons. The summed E-state index contributed by atoms with van der Waals surface area (Å²) < 4.78 is 6.48. The Hall–Kier alpha value is -2.98. The fraction of sp³-hybridized carbons (Fsp3) is 0.200. The van der Waals surface area contributed by atoms with Crippen molar-refractivity contribution in [2.45, 2.75) is 31.4 Å². The lowest BCUT2D eigenvalue weighted by Gasteiger charge is -2.36. The maximum absolute atomic E-state index is 12.9. The van der Waals surface area contributed by atoms with Gasteiger partial charge in [0.1, 0.15) is 0 Å². The van der Waals surface area contributed by atoms with E-state index in [1.54, 1.807) is 4.90 Å². The largest absolute Gasteiger partial charge is 0.452 e. The van der Waals surface area contributed by atoms with Crippen LogP contribution in [0.4, 0.5) is 0 Å². The van der Waals surface area contributed by atoms with Gasteiger partial charge in [-0.25, -0.2) is 0 Å². The second-order valence-corrected chi connectivity index (χ2v) is 7.51. The molecule has 1 aliphatic heterocycles. The van der Waals surface area contributed by atoms with Gasteiger partial charge in [0.25, 0.3) is 5.17 Å². The van der Waals surface area contributed by atoms with Crippen LogP contribution < -0.4 is 0 Å². The molecule has 0 bridgehead atoms. The van der Waals surface area contributed by atoms with Crippen molar-refractivity contribution in [1.82, 2.24) is 4.90 Å². The van der Waals surface area contributed by atoms with Crippen molar-refractivity contribution in [3.63, 3.8) is 0 Å². The molecule has 1 saturated heterocycles. The lowest BCUT2D eigenvalue weighted by molar-refractivity contribution is -0.128. The molecule has 4 heteroatoms. The summed E-state index contributed by atoms with van der Waals surface area (Å²) in [7, 11) is 0. The molecule has 1 fully saturated rings. The van der Waals surface area contributed by atoms with Gasteiger partial charge in [-0.2, -0.15) is 0 Å². The number of benzene rings is 3. The highest BCUT2D eigenvalue weighted by Crippen LogP contribution is 2.46. The van der Waals surface area contributed by atoms with Crippen LogP contribution in [0.1, 0.15) is 30.0 Å². The zero-order chi connectivity index (χ0) is 20.3. The zero-order valence-corrected chi connectivity index (χ0v) is 17.1. The number of hydrogen-bond acceptors (Lipinski definition) is 3. The fourth-order valence-electron chi connectivity index (χ4n) is 4.12. The first-order chi connectivity index (χ1) is 14.2. The van der Waals surface area contributed by atoms with E-state index in [1.165, 1.54) is 0 Å². The summed E-state index contributed by atoms with van der Waals surface area (Å²) in [6.07, 6.45) is 1.00. The Labute approximate surface area is 176 Å². The molecule has 0 saturated carbocycles. The Kier molecular flexibility index (Phi) is 5.45. The van der Waals surface area contributed by atoms with Crippen molar-refractivity contribution in [3.8, 4) is 0 Å². The summed E-state index contributed by atoms with van der Waals surface area (Å²) in [5, 5.41) is 0.241. The van der Waals surface area contributed by atoms with Crippen LogP contribution in [0.15, 0.2) is 91.0 Å². The minimum atomic E-state index is -0.861. The number of amides is 1. The number of thiocarbonyl (C=S) groups is 1. The van der Waals surface area contributed by atoms with Gasteiger partial charge in [-0.05, 0) is 24.2 Å². The summed E-state index contributed by atoms with van der Waals surface area (Å²) in [6.45, 7) is 1.86. The van der Waals surface area contributed by atoms with Crippen molar-refractivity contribution in [2.75, 3.05) is 0 Å². The van der Waals surface area contributed by atoms with Gasteiger partial charge in [-0.3, -0.25) is 9.69 Å². The maximum Gasteiger partial charge on any atom is 0.267 e. The third-order valence-electron chi connectivity index (χ3n) is 5.47. The van der Waals surface area contributed by atoms with Gasteiger partial charge in [0.15, 0.2) is 5.60 Å². The summed E-state index contributed by atoms with van der Waals surface area (Å²) in [6, 6.07) is 30.1. The van der Waals surface area contributed by atoms with Gasteiger partial charge in [0.2, 0.25) is 5.91 Å². The quantitative estimate of drug-likeness (QED) is 0.558. The van der Waals surface area contributed by atoms with E-state index >= 15 is 0 Å². The highest BCUT2D eigenvalue weighted by molar-refractivity contribution is 7.80. The molecule has 1 amide bonds. The molecule has 0 spiro atoms. The smallest absolute Gasteiger partial charge is 0.267 e. The third-order valence-corrected chi connectivity index (χ3v) is 5.75. The third kappa shape index (κ3) is 3.45. The Bertz CT molecular complexity index is 950. The second-order valence-electron chi connectivity index (χ2n) is 7.16. The molecule has 4 rings (SSSR count). The monoisotopic (exact) mass is 401 g/mol. The summed E-state index contributed by atoms with van der Waals surface area (Å²) >= 11 is 5.61. The SMILES string of the molecule is CCC(=O)N1C(=S)OC(c2ccccc2)(c2ccccc2)[C@@H]1Cc1ccccc1. The summed E-state index contributed by atoms with van der Waals surface area (Å²) in [4.78, 5) is 14.6. The molecule has 3 aromatic rings. The fourth-order valence-corrected chi connectivity index (χ4v) is 4.48. The van der Waals surface area contributed by atoms with Crippen molar-refractivity contribution >= 4 is 23.3 Å². The molecule has 1 atom stereocenters. The van der Waals surface area contributed by atoms with Crippen molar-refractivity contribution in [3.05, 3.63) is 108 Å². The van der Waals surface area contributed by atoms with Crippen LogP contribution in [0, 0.1) is 0 Å². The first kappa shape index (κ1) is 19.3. The zero-order valence-electron chi connectivity index (χ0n) is 16.3. The maximum atomic E-state index is 12.9. The first-order valence-corrected chi connectivity index (χ1v) is 10.3. The van der Waals surface area contributed by atoms with E-state index in [0.29, 0.717) is 12.8 Å². The predicted molar refractivity (Wildman–Crippen MR) is 118 cm³/mol. The molecular weight excluding hydrogens is 378 g/mol. The van der Waals surface area contributed by atoms with Crippen molar-refractivity contribution < 1.29 is 9.53 Å². The molecule has 0 radical (unpaired) electrons. The molecule has 0 N–H and O–H groups in total. The normalized spacial score (nSPS) is 17.8. The average Bonchev–Trinajstić information content (AvgIpc) is 3.08. The molecule has 0 unspecified atom stereocenters. The van der Waals surface area contributed by atoms with E-state index in [4.69, 9.17) is 17.0 Å². The van der Waals surface area contributed by atoms with Gasteiger partial charge < -0.3 is 4.74 Å². The van der Waals surface area contributed by atoms with E-state index in [1.807, 2.05) is 85.8 Å². The van der Waals surface area contributed by atoms with Crippen LogP contribution in [0.5, 0.6) is 0 Å². The van der Waals surface area contributed by atoms with Crippen LogP contribution in [0.25, 0.3) is 0 Å². The molecule has 0 aromatic heterocycles. The van der Waals surface area contributed by atoms with Crippen LogP contribution in [-0.4, -0.2) is 22.0 Å². The number of rotatable bonds is 5. The molecular formula is C25H23NO2S. The Morgan fingerprint density at radius 1 is 0.897 bits per heavy atom. The Morgan fingerprint density at radius 2 is 1.38 bits per heavy atom. The van der Waals surface area contributed by atoms with E-state index < -0.39 is 5.60 Å². The van der Waals surface area contributed by atoms with E-state index in [2.05, 4.69) is 12.1 Å². The Balaban J connectivity index is 1.93. The number of nitrogens with zero attached hydrogens (tertiary/aromatic N) is 1. The Morgan fingerprint density at radius 3 is 1.86 bits per heavy atom. The highest BCUT2D eigenvalue weighted by Gasteiger charge is 2.56. The standard InChI is InChI=1S/C25H23NO2S/c1-2-23(27)26-22(18-19-12-6-3-7-13-19)25(28-24(26)29,20-14-8-4-9-15-20)21-16-10-5-11-17-21/h3-17,22H,2,18H2,1H3/t22-/m0/s1. The summed E-state index contributed by atoms with van der Waals surface area (Å²) in [5.41, 5.74) is 2.25. The van der Waals surface area contributed by atoms with Gasteiger partial charge >= 0.3 is 0 Å². The van der Waals surface area contributed by atoms with Gasteiger partial charge in [0, 0.05) is 17.5 Å². The van der Waals surface area contributed by atoms with E-state index in [0.717, 1.165) is 16.7 Å². The van der Waals surface area contributed by atoms with Gasteiger partial charge in [-0.15, -0.1) is 0 Å². The predicted octanol–water partition coefficient (Wildman–Crippen LogP) is 5.10. The van der Waals surface area contributed by atoms with Gasteiger partial charge in [-0.1, -0.05) is 97.9 Å². The van der Waals surface area contributed by atoms with Crippen LogP contribution >= 0.6 is 12.2 Å². The molecule has 29 heavy (non-hydrogen) atoms. The molecule has 3 nitrogen and oxygen atoms in total. The molecule has 1 heterocycles. The van der Waals surface area contributed by atoms with Crippen LogP contribution in [-0.2, 0) is 21.6 Å². The molecule has 3 aromatic carbocycles. The lowest BCUT2D eigenvalue weighted by Crippen LogP contribution is -2.48. The lowest BCUT2D eigenvalue weighted by atomic mass is 9.77. The molecule has 1 aliphatic rings. The van der Waals surface area contributed by atoms with E-state index in [-0.39, 0.29) is 17.1 Å². The molecule has 0 aliphatic carbocycles. The van der Waals surface area contributed by atoms with Crippen LogP contribution in [0.2, 0.25) is 0 Å². The minimum Gasteiger partial charge on any atom is -0.452 e. The topological polar surface area (TPSA) is 29.5 Å². The number of ether oxygens (including phenoxy) is 1. The van der Waals surface area contributed by atoms with Gasteiger partial charge in [0.05, 0.1) is 6.04 Å². The number of hydrogen-bond donors (Lipinski definition) is 0. The average molecular weight is 402 g/mol. The highest BCUT2D eigenvalue weighted by atomic mass is 32.1. The summed E-state index contributed by atoms with van der Waals surface area (Å²) in [5.74, 6) is -0.0235. The van der Waals surface area contributed by atoms with Crippen molar-refractivity contribution in [2.24, 2.45) is 0 Å².